The molecule has 0 radical (unpaired) electrons. The number of primary amides is 1. The van der Waals surface area contributed by atoms with Crippen molar-refractivity contribution < 1.29 is 21.7 Å². The maximum absolute atomic E-state index is 11.5. The van der Waals surface area contributed by atoms with Gasteiger partial charge in [-0.2, -0.15) is 0 Å². The largest absolute Gasteiger partial charge is 1.00 e. The second-order valence-electron chi connectivity index (χ2n) is 6.73. The van der Waals surface area contributed by atoms with E-state index in [-0.39, 0.29) is 24.2 Å². The van der Waals surface area contributed by atoms with E-state index in [1.807, 2.05) is 0 Å². The number of halogens is 1. The molecule has 1 rings (SSSR count). The Morgan fingerprint density at radius 2 is 1.79 bits per heavy atom. The number of amides is 1. The first-order chi connectivity index (χ1) is 8.39. The van der Waals surface area contributed by atoms with Crippen LogP contribution in [0.4, 0.5) is 0 Å². The second-order valence-corrected chi connectivity index (χ2v) is 6.73. The highest BCUT2D eigenvalue weighted by molar-refractivity contribution is 5.76. The Morgan fingerprint density at radius 3 is 2.26 bits per heavy atom. The van der Waals surface area contributed by atoms with Gasteiger partial charge in [-0.15, -0.1) is 0 Å². The molecule has 4 heteroatoms. The van der Waals surface area contributed by atoms with Crippen molar-refractivity contribution in [1.29, 1.82) is 0 Å². The summed E-state index contributed by atoms with van der Waals surface area (Å²) in [5.41, 5.74) is 5.54. The molecule has 1 saturated heterocycles. The molecule has 1 aliphatic rings. The van der Waals surface area contributed by atoms with E-state index in [1.165, 1.54) is 25.9 Å². The standard InChI is InChI=1S/C15H30N2O.ClH/c1-5-7-12(15(16)18)9-14-11-17(3,4)10-13(14)8-6-2;/h12-14H,5-11H2,1-4H3,(H-,16,18);1H. The zero-order valence-corrected chi connectivity index (χ0v) is 13.7. The lowest BCUT2D eigenvalue weighted by Gasteiger charge is -2.24. The minimum Gasteiger partial charge on any atom is -1.00 e. The van der Waals surface area contributed by atoms with E-state index >= 15 is 0 Å². The van der Waals surface area contributed by atoms with Gasteiger partial charge in [0.25, 0.3) is 0 Å². The van der Waals surface area contributed by atoms with Gasteiger partial charge in [0.1, 0.15) is 0 Å². The lowest BCUT2D eigenvalue weighted by molar-refractivity contribution is -0.880. The Morgan fingerprint density at radius 1 is 1.21 bits per heavy atom. The van der Waals surface area contributed by atoms with Crippen molar-refractivity contribution in [2.24, 2.45) is 23.5 Å². The van der Waals surface area contributed by atoms with E-state index < -0.39 is 0 Å². The third kappa shape index (κ3) is 5.70. The lowest BCUT2D eigenvalue weighted by atomic mass is 9.83. The molecule has 114 valence electrons. The van der Waals surface area contributed by atoms with Crippen LogP contribution in [0.2, 0.25) is 0 Å². The van der Waals surface area contributed by atoms with Crippen LogP contribution in [0.1, 0.15) is 46.0 Å². The van der Waals surface area contributed by atoms with Crippen molar-refractivity contribution in [2.75, 3.05) is 27.2 Å². The third-order valence-electron chi connectivity index (χ3n) is 4.41. The molecule has 2 N–H and O–H groups in total. The highest BCUT2D eigenvalue weighted by atomic mass is 35.5. The number of nitrogens with zero attached hydrogens (tertiary/aromatic N) is 1. The fraction of sp³-hybridized carbons (Fsp3) is 0.933. The SMILES string of the molecule is CCCC(CC1C[N+](C)(C)CC1CCC)C(N)=O.[Cl-]. The Labute approximate surface area is 124 Å². The fourth-order valence-corrected chi connectivity index (χ4v) is 3.70. The summed E-state index contributed by atoms with van der Waals surface area (Å²) in [5, 5.41) is 0. The van der Waals surface area contributed by atoms with Gasteiger partial charge >= 0.3 is 0 Å². The van der Waals surface area contributed by atoms with Crippen LogP contribution < -0.4 is 18.1 Å². The number of rotatable bonds is 7. The van der Waals surface area contributed by atoms with Gasteiger partial charge in [0, 0.05) is 17.8 Å². The first-order valence-electron chi connectivity index (χ1n) is 7.51. The molecule has 3 unspecified atom stereocenters. The minimum absolute atomic E-state index is 0. The van der Waals surface area contributed by atoms with E-state index in [4.69, 9.17) is 5.73 Å². The topological polar surface area (TPSA) is 43.1 Å². The van der Waals surface area contributed by atoms with Crippen LogP contribution in [0, 0.1) is 17.8 Å². The molecule has 0 aliphatic carbocycles. The monoisotopic (exact) mass is 290 g/mol. The average Bonchev–Trinajstić information content (AvgIpc) is 2.53. The van der Waals surface area contributed by atoms with Crippen molar-refractivity contribution in [2.45, 2.75) is 46.0 Å². The number of quaternary nitrogens is 1. The van der Waals surface area contributed by atoms with Crippen molar-refractivity contribution in [3.63, 3.8) is 0 Å². The molecule has 1 fully saturated rings. The zero-order valence-electron chi connectivity index (χ0n) is 13.0. The molecule has 3 atom stereocenters. The molecular formula is C15H31ClN2O. The maximum Gasteiger partial charge on any atom is 0.220 e. The molecule has 0 saturated carbocycles. The summed E-state index contributed by atoms with van der Waals surface area (Å²) in [6.07, 6.45) is 5.56. The van der Waals surface area contributed by atoms with Crippen LogP contribution in [0.5, 0.6) is 0 Å². The molecule has 0 aromatic heterocycles. The van der Waals surface area contributed by atoms with E-state index in [9.17, 15) is 4.79 Å². The summed E-state index contributed by atoms with van der Waals surface area (Å²) >= 11 is 0. The Balaban J connectivity index is 0.00000324. The first-order valence-corrected chi connectivity index (χ1v) is 7.51. The number of nitrogens with two attached hydrogens (primary N) is 1. The highest BCUT2D eigenvalue weighted by Crippen LogP contribution is 2.35. The Kier molecular flexibility index (Phi) is 7.99. The van der Waals surface area contributed by atoms with Gasteiger partial charge < -0.3 is 22.6 Å². The van der Waals surface area contributed by atoms with Crippen LogP contribution in [0.3, 0.4) is 0 Å². The molecule has 19 heavy (non-hydrogen) atoms. The van der Waals surface area contributed by atoms with Gasteiger partial charge in [0.2, 0.25) is 5.91 Å². The Bertz CT molecular complexity index is 281. The van der Waals surface area contributed by atoms with Crippen LogP contribution in [-0.4, -0.2) is 37.6 Å². The predicted molar refractivity (Wildman–Crippen MR) is 75.9 cm³/mol. The van der Waals surface area contributed by atoms with Gasteiger partial charge in [-0.05, 0) is 19.3 Å². The average molecular weight is 291 g/mol. The summed E-state index contributed by atoms with van der Waals surface area (Å²) in [6.45, 7) is 6.86. The van der Waals surface area contributed by atoms with Gasteiger partial charge in [0.05, 0.1) is 27.2 Å². The smallest absolute Gasteiger partial charge is 0.220 e. The quantitative estimate of drug-likeness (QED) is 0.626. The number of carbonyl (C=O) groups is 1. The number of hydrogen-bond acceptors (Lipinski definition) is 1. The molecular weight excluding hydrogens is 260 g/mol. The molecule has 1 aliphatic heterocycles. The van der Waals surface area contributed by atoms with E-state index in [0.29, 0.717) is 5.92 Å². The summed E-state index contributed by atoms with van der Waals surface area (Å²) in [7, 11) is 4.61. The van der Waals surface area contributed by atoms with Crippen molar-refractivity contribution in [1.82, 2.24) is 0 Å². The normalized spacial score (nSPS) is 26.7. The van der Waals surface area contributed by atoms with Gasteiger partial charge in [-0.1, -0.05) is 26.7 Å². The fourth-order valence-electron chi connectivity index (χ4n) is 3.70. The maximum atomic E-state index is 11.5. The van der Waals surface area contributed by atoms with Crippen LogP contribution >= 0.6 is 0 Å². The molecule has 0 aromatic rings. The predicted octanol–water partition coefficient (Wildman–Crippen LogP) is -0.595. The zero-order chi connectivity index (χ0) is 13.8. The van der Waals surface area contributed by atoms with E-state index in [2.05, 4.69) is 27.9 Å². The lowest BCUT2D eigenvalue weighted by Crippen LogP contribution is -3.00. The molecule has 0 bridgehead atoms. The summed E-state index contributed by atoms with van der Waals surface area (Å²) in [6, 6.07) is 0. The van der Waals surface area contributed by atoms with Crippen LogP contribution in [-0.2, 0) is 4.79 Å². The van der Waals surface area contributed by atoms with Crippen LogP contribution in [0.15, 0.2) is 0 Å². The molecule has 3 nitrogen and oxygen atoms in total. The van der Waals surface area contributed by atoms with E-state index in [1.54, 1.807) is 0 Å². The molecule has 0 spiro atoms. The number of likely N-dealkylation sites (tertiary alicyclic amines) is 1. The molecule has 1 heterocycles. The van der Waals surface area contributed by atoms with Gasteiger partial charge in [-0.3, -0.25) is 4.79 Å². The van der Waals surface area contributed by atoms with E-state index in [0.717, 1.165) is 29.7 Å². The summed E-state index contributed by atoms with van der Waals surface area (Å²) < 4.78 is 1.10. The van der Waals surface area contributed by atoms with Crippen molar-refractivity contribution in [3.8, 4) is 0 Å². The first kappa shape index (κ1) is 18.7. The summed E-state index contributed by atoms with van der Waals surface area (Å²) in [4.78, 5) is 11.5. The number of hydrogen-bond donors (Lipinski definition) is 1. The van der Waals surface area contributed by atoms with Gasteiger partial charge in [0.15, 0.2) is 0 Å². The minimum atomic E-state index is -0.0932. The molecule has 1 amide bonds. The van der Waals surface area contributed by atoms with Crippen molar-refractivity contribution >= 4 is 5.91 Å². The highest BCUT2D eigenvalue weighted by Gasteiger charge is 2.40. The van der Waals surface area contributed by atoms with Gasteiger partial charge in [-0.25, -0.2) is 0 Å². The summed E-state index contributed by atoms with van der Waals surface area (Å²) in [5.74, 6) is 1.47. The third-order valence-corrected chi connectivity index (χ3v) is 4.41. The van der Waals surface area contributed by atoms with Crippen molar-refractivity contribution in [3.05, 3.63) is 0 Å². The van der Waals surface area contributed by atoms with Crippen LogP contribution in [0.25, 0.3) is 0 Å². The number of carbonyl (C=O) groups excluding carboxylic acids is 1. The second kappa shape index (κ2) is 8.11. The Hall–Kier alpha value is -0.280. The molecule has 0 aromatic carbocycles.